The normalized spacial score (nSPS) is 12.5. The van der Waals surface area contributed by atoms with Crippen LogP contribution < -0.4 is 0 Å². The number of carbonyl (C=O) groups is 1. The molecule has 0 aliphatic rings. The van der Waals surface area contributed by atoms with Crippen molar-refractivity contribution >= 4 is 5.91 Å². The van der Waals surface area contributed by atoms with E-state index < -0.39 is 0 Å². The second kappa shape index (κ2) is 5.76. The Balaban J connectivity index is 2.89. The fourth-order valence-corrected chi connectivity index (χ4v) is 1.93. The molecule has 0 fully saturated rings. The summed E-state index contributed by atoms with van der Waals surface area (Å²) in [6.07, 6.45) is 0.891. The zero-order chi connectivity index (χ0) is 13.9. The van der Waals surface area contributed by atoms with Crippen molar-refractivity contribution in [2.24, 2.45) is 5.92 Å². The third kappa shape index (κ3) is 3.39. The lowest BCUT2D eigenvalue weighted by atomic mass is 10.0. The average Bonchev–Trinajstić information content (AvgIpc) is 2.29. The van der Waals surface area contributed by atoms with Gasteiger partial charge in [-0.05, 0) is 37.5 Å². The molecule has 0 aliphatic heterocycles. The Morgan fingerprint density at radius 3 is 2.44 bits per heavy atom. The molecule has 1 unspecified atom stereocenters. The first kappa shape index (κ1) is 14.4. The number of hydrogen-bond donors (Lipinski definition) is 2. The summed E-state index contributed by atoms with van der Waals surface area (Å²) in [5.41, 5.74) is 0.133. The molecule has 1 rings (SSSR count). The number of carbonyl (C=O) groups excluding carboxylic acids is 1. The lowest BCUT2D eigenvalue weighted by Gasteiger charge is -2.26. The highest BCUT2D eigenvalue weighted by Crippen LogP contribution is 2.24. The summed E-state index contributed by atoms with van der Waals surface area (Å²) in [4.78, 5) is 13.8. The first-order chi connectivity index (χ1) is 8.32. The summed E-state index contributed by atoms with van der Waals surface area (Å²) >= 11 is 0. The van der Waals surface area contributed by atoms with Gasteiger partial charge in [0.25, 0.3) is 5.91 Å². The van der Waals surface area contributed by atoms with Crippen molar-refractivity contribution in [1.82, 2.24) is 4.90 Å². The lowest BCUT2D eigenvalue weighted by molar-refractivity contribution is 0.0724. The van der Waals surface area contributed by atoms with Crippen LogP contribution in [0.5, 0.6) is 11.5 Å². The highest BCUT2D eigenvalue weighted by atomic mass is 16.3. The molecule has 0 saturated carbocycles. The lowest BCUT2D eigenvalue weighted by Crippen LogP contribution is -2.35. The summed E-state index contributed by atoms with van der Waals surface area (Å²) in [6, 6.07) is 4.04. The maximum atomic E-state index is 12.2. The molecule has 0 spiro atoms. The number of phenols is 2. The molecule has 1 atom stereocenters. The van der Waals surface area contributed by atoms with E-state index >= 15 is 0 Å². The van der Waals surface area contributed by atoms with Gasteiger partial charge in [0.05, 0.1) is 5.56 Å². The van der Waals surface area contributed by atoms with Gasteiger partial charge in [-0.1, -0.05) is 13.8 Å². The van der Waals surface area contributed by atoms with Crippen LogP contribution in [0.3, 0.4) is 0 Å². The van der Waals surface area contributed by atoms with E-state index in [0.29, 0.717) is 5.92 Å². The van der Waals surface area contributed by atoms with Gasteiger partial charge in [0.1, 0.15) is 11.5 Å². The van der Waals surface area contributed by atoms with Crippen LogP contribution in [-0.4, -0.2) is 34.1 Å². The zero-order valence-corrected chi connectivity index (χ0v) is 11.3. The Morgan fingerprint density at radius 1 is 1.28 bits per heavy atom. The highest BCUT2D eigenvalue weighted by molar-refractivity contribution is 5.97. The van der Waals surface area contributed by atoms with Gasteiger partial charge in [-0.2, -0.15) is 0 Å². The number of aromatic hydroxyl groups is 2. The molecular formula is C14H21NO3. The number of rotatable bonds is 4. The quantitative estimate of drug-likeness (QED) is 0.809. The van der Waals surface area contributed by atoms with E-state index in [9.17, 15) is 15.0 Å². The van der Waals surface area contributed by atoms with E-state index in [-0.39, 0.29) is 29.0 Å². The van der Waals surface area contributed by atoms with Crippen molar-refractivity contribution in [2.75, 3.05) is 7.05 Å². The van der Waals surface area contributed by atoms with E-state index in [4.69, 9.17) is 0 Å². The molecule has 1 amide bonds. The van der Waals surface area contributed by atoms with Gasteiger partial charge in [0, 0.05) is 13.1 Å². The van der Waals surface area contributed by atoms with Crippen molar-refractivity contribution in [3.63, 3.8) is 0 Å². The van der Waals surface area contributed by atoms with Crippen LogP contribution in [0.4, 0.5) is 0 Å². The number of hydrogen-bond acceptors (Lipinski definition) is 3. The SMILES string of the molecule is CC(C)CC(C)N(C)C(=O)c1cc(O)ccc1O. The first-order valence-electron chi connectivity index (χ1n) is 6.12. The standard InChI is InChI=1S/C14H21NO3/c1-9(2)7-10(3)15(4)14(18)12-8-11(16)5-6-13(12)17/h5-6,8-10,16-17H,7H2,1-4H3. The minimum atomic E-state index is -0.281. The molecule has 18 heavy (non-hydrogen) atoms. The molecule has 0 saturated heterocycles. The van der Waals surface area contributed by atoms with Gasteiger partial charge >= 0.3 is 0 Å². The molecule has 0 heterocycles. The van der Waals surface area contributed by atoms with E-state index in [1.54, 1.807) is 11.9 Å². The van der Waals surface area contributed by atoms with Crippen LogP contribution >= 0.6 is 0 Å². The van der Waals surface area contributed by atoms with Crippen molar-refractivity contribution in [3.05, 3.63) is 23.8 Å². The van der Waals surface area contributed by atoms with Crippen LogP contribution in [0.15, 0.2) is 18.2 Å². The molecule has 4 nitrogen and oxygen atoms in total. The fraction of sp³-hybridized carbons (Fsp3) is 0.500. The highest BCUT2D eigenvalue weighted by Gasteiger charge is 2.21. The molecule has 4 heteroatoms. The maximum Gasteiger partial charge on any atom is 0.257 e. The maximum absolute atomic E-state index is 12.2. The van der Waals surface area contributed by atoms with Crippen LogP contribution in [0, 0.1) is 5.92 Å². The van der Waals surface area contributed by atoms with E-state index in [1.807, 2.05) is 6.92 Å². The topological polar surface area (TPSA) is 60.8 Å². The zero-order valence-electron chi connectivity index (χ0n) is 11.3. The van der Waals surface area contributed by atoms with Crippen molar-refractivity contribution in [3.8, 4) is 11.5 Å². The molecular weight excluding hydrogens is 230 g/mol. The predicted octanol–water partition coefficient (Wildman–Crippen LogP) is 2.60. The predicted molar refractivity (Wildman–Crippen MR) is 70.8 cm³/mol. The first-order valence-corrected chi connectivity index (χ1v) is 6.12. The molecule has 100 valence electrons. The molecule has 0 radical (unpaired) electrons. The van der Waals surface area contributed by atoms with Crippen LogP contribution in [-0.2, 0) is 0 Å². The van der Waals surface area contributed by atoms with Crippen LogP contribution in [0.2, 0.25) is 0 Å². The molecule has 0 aliphatic carbocycles. The third-order valence-corrected chi connectivity index (χ3v) is 3.00. The summed E-state index contributed by atoms with van der Waals surface area (Å²) in [7, 11) is 1.71. The van der Waals surface area contributed by atoms with Crippen molar-refractivity contribution in [1.29, 1.82) is 0 Å². The van der Waals surface area contributed by atoms with E-state index in [0.717, 1.165) is 6.42 Å². The minimum Gasteiger partial charge on any atom is -0.508 e. The second-order valence-electron chi connectivity index (χ2n) is 5.10. The Labute approximate surface area is 108 Å². The smallest absolute Gasteiger partial charge is 0.257 e. The number of nitrogens with zero attached hydrogens (tertiary/aromatic N) is 1. The van der Waals surface area contributed by atoms with Crippen molar-refractivity contribution < 1.29 is 15.0 Å². The van der Waals surface area contributed by atoms with Gasteiger partial charge < -0.3 is 15.1 Å². The van der Waals surface area contributed by atoms with Crippen LogP contribution in [0.1, 0.15) is 37.6 Å². The summed E-state index contributed by atoms with van der Waals surface area (Å²) in [6.45, 7) is 6.17. The molecule has 1 aromatic carbocycles. The van der Waals surface area contributed by atoms with Gasteiger partial charge in [0.2, 0.25) is 0 Å². The van der Waals surface area contributed by atoms with Crippen LogP contribution in [0.25, 0.3) is 0 Å². The molecule has 2 N–H and O–H groups in total. The largest absolute Gasteiger partial charge is 0.508 e. The Hall–Kier alpha value is -1.71. The average molecular weight is 251 g/mol. The summed E-state index contributed by atoms with van der Waals surface area (Å²) < 4.78 is 0. The molecule has 0 bridgehead atoms. The number of phenolic OH excluding ortho intramolecular Hbond substituents is 2. The Morgan fingerprint density at radius 2 is 1.89 bits per heavy atom. The third-order valence-electron chi connectivity index (χ3n) is 3.00. The van der Waals surface area contributed by atoms with Gasteiger partial charge in [0.15, 0.2) is 0 Å². The minimum absolute atomic E-state index is 0.0268. The summed E-state index contributed by atoms with van der Waals surface area (Å²) in [5, 5.41) is 19.0. The van der Waals surface area contributed by atoms with Gasteiger partial charge in [-0.15, -0.1) is 0 Å². The molecule has 1 aromatic rings. The Bertz CT molecular complexity index is 429. The van der Waals surface area contributed by atoms with E-state index in [1.165, 1.54) is 18.2 Å². The number of amides is 1. The fourth-order valence-electron chi connectivity index (χ4n) is 1.93. The second-order valence-corrected chi connectivity index (χ2v) is 5.10. The van der Waals surface area contributed by atoms with Gasteiger partial charge in [-0.3, -0.25) is 4.79 Å². The monoisotopic (exact) mass is 251 g/mol. The molecule has 0 aromatic heterocycles. The van der Waals surface area contributed by atoms with Gasteiger partial charge in [-0.25, -0.2) is 0 Å². The Kier molecular flexibility index (Phi) is 4.59. The summed E-state index contributed by atoms with van der Waals surface area (Å²) in [5.74, 6) is 0.0760. The van der Waals surface area contributed by atoms with Crippen molar-refractivity contribution in [2.45, 2.75) is 33.2 Å². The number of benzene rings is 1. The van der Waals surface area contributed by atoms with E-state index in [2.05, 4.69) is 13.8 Å².